The van der Waals surface area contributed by atoms with Crippen LogP contribution in [0.3, 0.4) is 0 Å². The fourth-order valence-electron chi connectivity index (χ4n) is 1.04. The summed E-state index contributed by atoms with van der Waals surface area (Å²) in [6, 6.07) is 0.222. The molecule has 1 saturated heterocycles. The van der Waals surface area contributed by atoms with Crippen LogP contribution >= 0.6 is 0 Å². The van der Waals surface area contributed by atoms with Crippen LogP contribution in [0.25, 0.3) is 0 Å². The largest absolute Gasteiger partial charge is 0.394 e. The quantitative estimate of drug-likeness (QED) is 0.482. The van der Waals surface area contributed by atoms with Gasteiger partial charge in [0.15, 0.2) is 0 Å². The molecule has 0 radical (unpaired) electrons. The van der Waals surface area contributed by atoms with Gasteiger partial charge >= 0.3 is 0 Å². The molecule has 0 aliphatic carbocycles. The molecule has 1 aliphatic heterocycles. The van der Waals surface area contributed by atoms with Gasteiger partial charge in [-0.05, 0) is 6.92 Å². The second kappa shape index (κ2) is 2.84. The minimum absolute atomic E-state index is 0.222. The van der Waals surface area contributed by atoms with Crippen LogP contribution in [-0.4, -0.2) is 25.3 Å². The Morgan fingerprint density at radius 1 is 1.80 bits per heavy atom. The van der Waals surface area contributed by atoms with Crippen molar-refractivity contribution in [1.82, 2.24) is 10.6 Å². The Labute approximate surface area is 61.0 Å². The minimum Gasteiger partial charge on any atom is -0.394 e. The van der Waals surface area contributed by atoms with E-state index in [1.165, 1.54) is 0 Å². The minimum atomic E-state index is 0.222. The molecule has 1 aliphatic rings. The molecule has 0 bridgehead atoms. The monoisotopic (exact) mass is 139 g/mol. The van der Waals surface area contributed by atoms with E-state index in [4.69, 9.17) is 5.41 Å². The maximum Gasteiger partial charge on any atom is 0.0540 e. The predicted octanol–water partition coefficient (Wildman–Crippen LogP) is 0.101. The van der Waals surface area contributed by atoms with E-state index in [-0.39, 0.29) is 6.04 Å². The molecule has 1 heterocycles. The van der Waals surface area contributed by atoms with Gasteiger partial charge in [0.05, 0.1) is 5.71 Å². The van der Waals surface area contributed by atoms with Crippen molar-refractivity contribution in [3.8, 4) is 0 Å². The SMILES string of the molecule is CN/C=C1/CNC(C)C1=N. The summed E-state index contributed by atoms with van der Waals surface area (Å²) >= 11 is 0. The highest BCUT2D eigenvalue weighted by Gasteiger charge is 2.19. The molecule has 1 atom stereocenters. The van der Waals surface area contributed by atoms with E-state index in [1.54, 1.807) is 0 Å². The van der Waals surface area contributed by atoms with Crippen molar-refractivity contribution < 1.29 is 0 Å². The fourth-order valence-corrected chi connectivity index (χ4v) is 1.04. The zero-order chi connectivity index (χ0) is 7.56. The van der Waals surface area contributed by atoms with Crippen LogP contribution in [0.2, 0.25) is 0 Å². The molecule has 0 amide bonds. The standard InChI is InChI=1S/C7H13N3/c1-5-7(8)6(3-9-2)4-10-5/h3,5,8-10H,4H2,1-2H3/b6-3-,8-7?. The van der Waals surface area contributed by atoms with Crippen molar-refractivity contribution in [2.24, 2.45) is 0 Å². The Kier molecular flexibility index (Phi) is 2.06. The lowest BCUT2D eigenvalue weighted by Gasteiger charge is -1.98. The predicted molar refractivity (Wildman–Crippen MR) is 42.3 cm³/mol. The van der Waals surface area contributed by atoms with Crippen molar-refractivity contribution in [2.75, 3.05) is 13.6 Å². The van der Waals surface area contributed by atoms with E-state index >= 15 is 0 Å². The molecule has 10 heavy (non-hydrogen) atoms. The maximum atomic E-state index is 7.54. The molecular weight excluding hydrogens is 126 g/mol. The first-order valence-electron chi connectivity index (χ1n) is 3.44. The van der Waals surface area contributed by atoms with Crippen LogP contribution in [0.1, 0.15) is 6.92 Å². The lowest BCUT2D eigenvalue weighted by Crippen LogP contribution is -2.21. The normalized spacial score (nSPS) is 29.6. The van der Waals surface area contributed by atoms with Crippen LogP contribution in [0.5, 0.6) is 0 Å². The third-order valence-corrected chi connectivity index (χ3v) is 1.70. The highest BCUT2D eigenvalue weighted by Crippen LogP contribution is 2.06. The average Bonchev–Trinajstić information content (AvgIpc) is 2.20. The van der Waals surface area contributed by atoms with E-state index < -0.39 is 0 Å². The first-order valence-corrected chi connectivity index (χ1v) is 3.44. The summed E-state index contributed by atoms with van der Waals surface area (Å²) in [5, 5.41) is 13.6. The molecule has 1 rings (SSSR count). The van der Waals surface area contributed by atoms with Crippen LogP contribution in [0.15, 0.2) is 11.8 Å². The molecule has 56 valence electrons. The van der Waals surface area contributed by atoms with Crippen molar-refractivity contribution in [1.29, 1.82) is 5.41 Å². The Balaban J connectivity index is 2.66. The van der Waals surface area contributed by atoms with Gasteiger partial charge < -0.3 is 16.0 Å². The summed E-state index contributed by atoms with van der Waals surface area (Å²) < 4.78 is 0. The summed E-state index contributed by atoms with van der Waals surface area (Å²) in [5.74, 6) is 0. The maximum absolute atomic E-state index is 7.54. The van der Waals surface area contributed by atoms with Crippen LogP contribution < -0.4 is 10.6 Å². The first kappa shape index (κ1) is 7.28. The van der Waals surface area contributed by atoms with E-state index in [9.17, 15) is 0 Å². The molecule has 3 heteroatoms. The van der Waals surface area contributed by atoms with E-state index in [0.29, 0.717) is 5.71 Å². The summed E-state index contributed by atoms with van der Waals surface area (Å²) in [6.07, 6.45) is 1.87. The molecule has 0 aromatic rings. The van der Waals surface area contributed by atoms with Gasteiger partial charge in [-0.3, -0.25) is 0 Å². The van der Waals surface area contributed by atoms with Crippen molar-refractivity contribution >= 4 is 5.71 Å². The zero-order valence-electron chi connectivity index (χ0n) is 6.36. The Hall–Kier alpha value is -0.830. The molecular formula is C7H13N3. The van der Waals surface area contributed by atoms with Gasteiger partial charge in [-0.15, -0.1) is 0 Å². The van der Waals surface area contributed by atoms with Gasteiger partial charge in [0.25, 0.3) is 0 Å². The van der Waals surface area contributed by atoms with Crippen LogP contribution in [0.4, 0.5) is 0 Å². The second-order valence-electron chi connectivity index (χ2n) is 2.47. The number of hydrogen-bond donors (Lipinski definition) is 3. The Bertz CT molecular complexity index is 172. The van der Waals surface area contributed by atoms with Gasteiger partial charge in [0.1, 0.15) is 0 Å². The van der Waals surface area contributed by atoms with Crippen molar-refractivity contribution in [3.63, 3.8) is 0 Å². The number of hydrogen-bond acceptors (Lipinski definition) is 3. The Morgan fingerprint density at radius 2 is 2.50 bits per heavy atom. The Morgan fingerprint density at radius 3 is 2.90 bits per heavy atom. The molecule has 0 saturated carbocycles. The van der Waals surface area contributed by atoms with Crippen LogP contribution in [-0.2, 0) is 0 Å². The lowest BCUT2D eigenvalue weighted by molar-refractivity contribution is 0.754. The van der Waals surface area contributed by atoms with E-state index in [1.807, 2.05) is 20.2 Å². The topological polar surface area (TPSA) is 47.9 Å². The highest BCUT2D eigenvalue weighted by atomic mass is 15.0. The number of nitrogens with one attached hydrogen (secondary N) is 3. The van der Waals surface area contributed by atoms with E-state index in [2.05, 4.69) is 10.6 Å². The molecule has 1 unspecified atom stereocenters. The smallest absolute Gasteiger partial charge is 0.0540 e. The molecule has 1 fully saturated rings. The van der Waals surface area contributed by atoms with Gasteiger partial charge in [-0.1, -0.05) is 0 Å². The number of rotatable bonds is 1. The fraction of sp³-hybridized carbons (Fsp3) is 0.571. The molecule has 0 aromatic carbocycles. The summed E-state index contributed by atoms with van der Waals surface area (Å²) in [4.78, 5) is 0. The summed E-state index contributed by atoms with van der Waals surface area (Å²) in [7, 11) is 1.85. The van der Waals surface area contributed by atoms with Gasteiger partial charge in [-0.25, -0.2) is 0 Å². The van der Waals surface area contributed by atoms with Gasteiger partial charge in [0.2, 0.25) is 0 Å². The summed E-state index contributed by atoms with van der Waals surface area (Å²) in [6.45, 7) is 2.82. The molecule has 3 N–H and O–H groups in total. The highest BCUT2D eigenvalue weighted by molar-refractivity contribution is 6.03. The lowest BCUT2D eigenvalue weighted by atomic mass is 10.1. The molecule has 0 aromatic heterocycles. The first-order chi connectivity index (χ1) is 4.75. The molecule has 0 spiro atoms. The third-order valence-electron chi connectivity index (χ3n) is 1.70. The third kappa shape index (κ3) is 1.19. The second-order valence-corrected chi connectivity index (χ2v) is 2.47. The zero-order valence-corrected chi connectivity index (χ0v) is 6.36. The van der Waals surface area contributed by atoms with Crippen LogP contribution in [0, 0.1) is 5.41 Å². The van der Waals surface area contributed by atoms with E-state index in [0.717, 1.165) is 12.1 Å². The summed E-state index contributed by atoms with van der Waals surface area (Å²) in [5.41, 5.74) is 1.77. The molecule has 3 nitrogen and oxygen atoms in total. The average molecular weight is 139 g/mol. The van der Waals surface area contributed by atoms with Crippen molar-refractivity contribution in [3.05, 3.63) is 11.8 Å². The van der Waals surface area contributed by atoms with Gasteiger partial charge in [0, 0.05) is 31.4 Å². The van der Waals surface area contributed by atoms with Gasteiger partial charge in [-0.2, -0.15) is 0 Å². The van der Waals surface area contributed by atoms with Crippen molar-refractivity contribution in [2.45, 2.75) is 13.0 Å².